The van der Waals surface area contributed by atoms with Gasteiger partial charge in [-0.15, -0.1) is 0 Å². The van der Waals surface area contributed by atoms with E-state index in [1.54, 1.807) is 0 Å². The molecule has 0 fully saturated rings. The van der Waals surface area contributed by atoms with Crippen molar-refractivity contribution in [3.8, 4) is 44.8 Å². The molecule has 1 aromatic heterocycles. The molecule has 31 heavy (non-hydrogen) atoms. The third-order valence-electron chi connectivity index (χ3n) is 5.43. The Morgan fingerprint density at radius 3 is 1.35 bits per heavy atom. The van der Waals surface area contributed by atoms with Gasteiger partial charge < -0.3 is 5.73 Å². The van der Waals surface area contributed by atoms with E-state index in [0.29, 0.717) is 0 Å². The molecule has 1 heterocycles. The first-order chi connectivity index (χ1) is 15.3. The first-order valence-corrected chi connectivity index (χ1v) is 10.4. The molecule has 4 aromatic carbocycles. The third kappa shape index (κ3) is 4.10. The molecular weight excluding hydrogens is 376 g/mol. The van der Waals surface area contributed by atoms with Gasteiger partial charge in [-0.2, -0.15) is 0 Å². The summed E-state index contributed by atoms with van der Waals surface area (Å²) in [6.45, 7) is 0. The maximum absolute atomic E-state index is 5.90. The van der Waals surface area contributed by atoms with Crippen LogP contribution in [0.1, 0.15) is 0 Å². The van der Waals surface area contributed by atoms with Gasteiger partial charge in [0, 0.05) is 16.8 Å². The zero-order valence-electron chi connectivity index (χ0n) is 17.1. The van der Waals surface area contributed by atoms with Gasteiger partial charge in [0.25, 0.3) is 0 Å². The van der Waals surface area contributed by atoms with E-state index in [1.807, 2.05) is 36.4 Å². The predicted molar refractivity (Wildman–Crippen MR) is 130 cm³/mol. The molecule has 0 aliphatic heterocycles. The minimum absolute atomic E-state index is 0.762. The molecule has 0 aliphatic carbocycles. The Labute approximate surface area is 182 Å². The molecule has 0 spiro atoms. The van der Waals surface area contributed by atoms with Crippen molar-refractivity contribution < 1.29 is 0 Å². The quantitative estimate of drug-likeness (QED) is 0.322. The fraction of sp³-hybridized carbons (Fsp3) is 0. The van der Waals surface area contributed by atoms with Crippen LogP contribution in [-0.2, 0) is 0 Å². The molecule has 148 valence electrons. The van der Waals surface area contributed by atoms with Gasteiger partial charge in [0.05, 0.1) is 11.4 Å². The Morgan fingerprint density at radius 2 is 0.774 bits per heavy atom. The lowest BCUT2D eigenvalue weighted by Crippen LogP contribution is -1.92. The van der Waals surface area contributed by atoms with Crippen molar-refractivity contribution in [1.82, 2.24) is 4.98 Å². The summed E-state index contributed by atoms with van der Waals surface area (Å²) < 4.78 is 0. The summed E-state index contributed by atoms with van der Waals surface area (Å²) in [6, 6.07) is 41.6. The summed E-state index contributed by atoms with van der Waals surface area (Å²) in [5.74, 6) is 0. The van der Waals surface area contributed by atoms with E-state index in [2.05, 4.69) is 84.9 Å². The molecule has 0 bridgehead atoms. The summed E-state index contributed by atoms with van der Waals surface area (Å²) in [5.41, 5.74) is 15.4. The maximum atomic E-state index is 5.90. The van der Waals surface area contributed by atoms with E-state index in [-0.39, 0.29) is 0 Å². The van der Waals surface area contributed by atoms with E-state index >= 15 is 0 Å². The standard InChI is InChI=1S/C29H22N2/c30-27-17-15-23(16-18-27)26-19-28(24-9-5-2-6-10-24)31-29(20-26)25-13-11-22(12-14-25)21-7-3-1-4-8-21/h1-20H,30H2. The van der Waals surface area contributed by atoms with Crippen LogP contribution in [0.15, 0.2) is 121 Å². The van der Waals surface area contributed by atoms with Crippen molar-refractivity contribution >= 4 is 5.69 Å². The van der Waals surface area contributed by atoms with Crippen LogP contribution in [0.3, 0.4) is 0 Å². The Balaban J connectivity index is 1.60. The molecule has 5 rings (SSSR count). The van der Waals surface area contributed by atoms with Crippen LogP contribution in [0.25, 0.3) is 44.8 Å². The minimum atomic E-state index is 0.762. The summed E-state index contributed by atoms with van der Waals surface area (Å²) >= 11 is 0. The van der Waals surface area contributed by atoms with Crippen molar-refractivity contribution in [1.29, 1.82) is 0 Å². The Hall–Kier alpha value is -4.17. The number of pyridine rings is 1. The highest BCUT2D eigenvalue weighted by Crippen LogP contribution is 2.31. The van der Waals surface area contributed by atoms with Gasteiger partial charge in [-0.1, -0.05) is 97.1 Å². The smallest absolute Gasteiger partial charge is 0.0715 e. The molecule has 0 atom stereocenters. The number of hydrogen-bond acceptors (Lipinski definition) is 2. The van der Waals surface area contributed by atoms with Crippen LogP contribution in [0, 0.1) is 0 Å². The largest absolute Gasteiger partial charge is 0.399 e. The summed E-state index contributed by atoms with van der Waals surface area (Å²) in [6.07, 6.45) is 0. The van der Waals surface area contributed by atoms with E-state index in [4.69, 9.17) is 10.7 Å². The lowest BCUT2D eigenvalue weighted by molar-refractivity contribution is 1.32. The zero-order chi connectivity index (χ0) is 21.0. The van der Waals surface area contributed by atoms with Crippen molar-refractivity contribution in [2.24, 2.45) is 0 Å². The highest BCUT2D eigenvalue weighted by Gasteiger charge is 2.09. The number of nitrogens with zero attached hydrogens (tertiary/aromatic N) is 1. The number of hydrogen-bond donors (Lipinski definition) is 1. The van der Waals surface area contributed by atoms with Gasteiger partial charge in [-0.05, 0) is 46.5 Å². The minimum Gasteiger partial charge on any atom is -0.399 e. The summed E-state index contributed by atoms with van der Waals surface area (Å²) in [5, 5.41) is 0. The summed E-state index contributed by atoms with van der Waals surface area (Å²) in [4.78, 5) is 4.99. The van der Waals surface area contributed by atoms with Crippen LogP contribution < -0.4 is 5.73 Å². The lowest BCUT2D eigenvalue weighted by atomic mass is 9.98. The number of nitrogens with two attached hydrogens (primary N) is 1. The van der Waals surface area contributed by atoms with Crippen molar-refractivity contribution in [3.63, 3.8) is 0 Å². The molecule has 5 aromatic rings. The first kappa shape index (κ1) is 18.8. The Morgan fingerprint density at radius 1 is 0.387 bits per heavy atom. The van der Waals surface area contributed by atoms with Crippen LogP contribution >= 0.6 is 0 Å². The number of anilines is 1. The monoisotopic (exact) mass is 398 g/mol. The van der Waals surface area contributed by atoms with Crippen LogP contribution in [0.5, 0.6) is 0 Å². The summed E-state index contributed by atoms with van der Waals surface area (Å²) in [7, 11) is 0. The third-order valence-corrected chi connectivity index (χ3v) is 5.43. The highest BCUT2D eigenvalue weighted by atomic mass is 14.7. The molecule has 2 heteroatoms. The van der Waals surface area contributed by atoms with Crippen LogP contribution in [0.2, 0.25) is 0 Å². The maximum Gasteiger partial charge on any atom is 0.0715 e. The molecule has 0 aliphatic rings. The average molecular weight is 399 g/mol. The second-order valence-electron chi connectivity index (χ2n) is 7.56. The fourth-order valence-corrected chi connectivity index (χ4v) is 3.74. The van der Waals surface area contributed by atoms with Crippen LogP contribution in [-0.4, -0.2) is 4.98 Å². The molecule has 2 N–H and O–H groups in total. The Bertz CT molecular complexity index is 1290. The molecule has 0 unspecified atom stereocenters. The number of rotatable bonds is 4. The average Bonchev–Trinajstić information content (AvgIpc) is 2.85. The number of benzene rings is 4. The lowest BCUT2D eigenvalue weighted by Gasteiger charge is -2.11. The first-order valence-electron chi connectivity index (χ1n) is 10.4. The normalized spacial score (nSPS) is 10.7. The Kier molecular flexibility index (Phi) is 5.04. The van der Waals surface area contributed by atoms with Crippen molar-refractivity contribution in [2.45, 2.75) is 0 Å². The van der Waals surface area contributed by atoms with Gasteiger partial charge >= 0.3 is 0 Å². The van der Waals surface area contributed by atoms with Crippen molar-refractivity contribution in [3.05, 3.63) is 121 Å². The van der Waals surface area contributed by atoms with Crippen molar-refractivity contribution in [2.75, 3.05) is 5.73 Å². The number of aromatic nitrogens is 1. The van der Waals surface area contributed by atoms with Gasteiger partial charge in [-0.3, -0.25) is 0 Å². The predicted octanol–water partition coefficient (Wildman–Crippen LogP) is 7.33. The fourth-order valence-electron chi connectivity index (χ4n) is 3.74. The van der Waals surface area contributed by atoms with Crippen LogP contribution in [0.4, 0.5) is 5.69 Å². The van der Waals surface area contributed by atoms with Gasteiger partial charge in [0.15, 0.2) is 0 Å². The highest BCUT2D eigenvalue weighted by molar-refractivity contribution is 5.78. The second-order valence-corrected chi connectivity index (χ2v) is 7.56. The molecule has 0 saturated heterocycles. The molecule has 0 radical (unpaired) electrons. The molecule has 2 nitrogen and oxygen atoms in total. The second kappa shape index (κ2) is 8.29. The zero-order valence-corrected chi connectivity index (χ0v) is 17.1. The van der Waals surface area contributed by atoms with Gasteiger partial charge in [0.2, 0.25) is 0 Å². The van der Waals surface area contributed by atoms with Gasteiger partial charge in [-0.25, -0.2) is 4.98 Å². The topological polar surface area (TPSA) is 38.9 Å². The molecule has 0 saturated carbocycles. The SMILES string of the molecule is Nc1ccc(-c2cc(-c3ccccc3)nc(-c3ccc(-c4ccccc4)cc3)c2)cc1. The van der Waals surface area contributed by atoms with Gasteiger partial charge in [0.1, 0.15) is 0 Å². The van der Waals surface area contributed by atoms with E-state index in [0.717, 1.165) is 39.3 Å². The molecule has 0 amide bonds. The van der Waals surface area contributed by atoms with E-state index in [9.17, 15) is 0 Å². The van der Waals surface area contributed by atoms with E-state index in [1.165, 1.54) is 11.1 Å². The molecular formula is C29H22N2. The number of nitrogen functional groups attached to an aromatic ring is 1. The van der Waals surface area contributed by atoms with E-state index < -0.39 is 0 Å².